The number of nitrogens with one attached hydrogen (secondary N) is 2. The van der Waals surface area contributed by atoms with Crippen LogP contribution < -0.4 is 5.32 Å². The fourth-order valence-electron chi connectivity index (χ4n) is 2.38. The Balaban J connectivity index is 0.000000880. The van der Waals surface area contributed by atoms with Crippen LogP contribution in [0.3, 0.4) is 0 Å². The third kappa shape index (κ3) is 3.43. The van der Waals surface area contributed by atoms with Crippen LogP contribution in [-0.2, 0) is 0 Å². The van der Waals surface area contributed by atoms with Crippen molar-refractivity contribution in [1.82, 2.24) is 15.2 Å². The first kappa shape index (κ1) is 17.6. The smallest absolute Gasteiger partial charge is 0.256 e. The zero-order valence-electron chi connectivity index (χ0n) is 14.1. The summed E-state index contributed by atoms with van der Waals surface area (Å²) >= 11 is 4.88. The van der Waals surface area contributed by atoms with Gasteiger partial charge in [-0.25, -0.2) is 4.98 Å². The number of nitrogens with zero attached hydrogens (tertiary/aromatic N) is 2. The maximum atomic E-state index is 12.3. The van der Waals surface area contributed by atoms with Gasteiger partial charge in [0, 0.05) is 21.1 Å². The van der Waals surface area contributed by atoms with Crippen LogP contribution in [-0.4, -0.2) is 21.1 Å². The Kier molecular flexibility index (Phi) is 5.15. The van der Waals surface area contributed by atoms with Gasteiger partial charge in [-0.3, -0.25) is 9.89 Å². The summed E-state index contributed by atoms with van der Waals surface area (Å²) < 4.78 is 1.84. The highest BCUT2D eigenvalue weighted by molar-refractivity contribution is 9.10. The fraction of sp³-hybridized carbons (Fsp3) is 0.167. The number of hydrogen-bond acceptors (Lipinski definition) is 4. The first-order chi connectivity index (χ1) is 12.1. The predicted octanol–water partition coefficient (Wildman–Crippen LogP) is 5.52. The molecule has 2 N–H and O–H groups in total. The molecule has 4 rings (SSSR count). The number of halogens is 1. The minimum atomic E-state index is -0.188. The molecule has 0 aliphatic heterocycles. The second kappa shape index (κ2) is 7.33. The first-order valence-electron chi connectivity index (χ1n) is 7.93. The van der Waals surface area contributed by atoms with E-state index in [4.69, 9.17) is 0 Å². The lowest BCUT2D eigenvalue weighted by atomic mass is 10.2. The molecule has 0 aliphatic rings. The molecule has 128 valence electrons. The number of aromatic nitrogens is 3. The van der Waals surface area contributed by atoms with Gasteiger partial charge < -0.3 is 5.32 Å². The molecule has 3 aromatic heterocycles. The molecule has 0 aliphatic carbocycles. The summed E-state index contributed by atoms with van der Waals surface area (Å²) in [6.45, 7) is 5.96. The van der Waals surface area contributed by atoms with Crippen LogP contribution in [0.2, 0.25) is 0 Å². The Hall–Kier alpha value is -2.25. The highest BCUT2D eigenvalue weighted by Crippen LogP contribution is 2.35. The SMILES string of the molecule is CC.Cc1ccc2c(n1)sc1c(NC(=O)c3ccc(Br)cc3)n[nH]c12. The van der Waals surface area contributed by atoms with E-state index in [0.29, 0.717) is 11.4 Å². The van der Waals surface area contributed by atoms with E-state index in [1.54, 1.807) is 12.1 Å². The summed E-state index contributed by atoms with van der Waals surface area (Å²) in [6, 6.07) is 11.2. The molecular weight excluding hydrogens is 400 g/mol. The summed E-state index contributed by atoms with van der Waals surface area (Å²) in [7, 11) is 0. The molecule has 3 heterocycles. The van der Waals surface area contributed by atoms with Gasteiger partial charge in [0.1, 0.15) is 4.83 Å². The van der Waals surface area contributed by atoms with E-state index in [1.165, 1.54) is 11.3 Å². The molecule has 25 heavy (non-hydrogen) atoms. The van der Waals surface area contributed by atoms with E-state index >= 15 is 0 Å². The van der Waals surface area contributed by atoms with Crippen LogP contribution in [0.4, 0.5) is 5.82 Å². The summed E-state index contributed by atoms with van der Waals surface area (Å²) in [5.74, 6) is 0.348. The largest absolute Gasteiger partial charge is 0.304 e. The molecule has 1 amide bonds. The van der Waals surface area contributed by atoms with Crippen molar-refractivity contribution in [3.63, 3.8) is 0 Å². The van der Waals surface area contributed by atoms with Gasteiger partial charge in [0.25, 0.3) is 5.91 Å². The van der Waals surface area contributed by atoms with Crippen molar-refractivity contribution in [2.75, 3.05) is 5.32 Å². The van der Waals surface area contributed by atoms with E-state index in [2.05, 4.69) is 36.4 Å². The highest BCUT2D eigenvalue weighted by atomic mass is 79.9. The summed E-state index contributed by atoms with van der Waals surface area (Å²) in [6.07, 6.45) is 0. The van der Waals surface area contributed by atoms with Crippen molar-refractivity contribution in [1.29, 1.82) is 0 Å². The molecule has 0 spiro atoms. The zero-order valence-corrected chi connectivity index (χ0v) is 16.5. The minimum absolute atomic E-state index is 0.188. The molecule has 4 aromatic rings. The van der Waals surface area contributed by atoms with Gasteiger partial charge >= 0.3 is 0 Å². The van der Waals surface area contributed by atoms with Gasteiger partial charge in [-0.15, -0.1) is 11.3 Å². The molecule has 1 aromatic carbocycles. The zero-order chi connectivity index (χ0) is 18.0. The number of aromatic amines is 1. The third-order valence-electron chi connectivity index (χ3n) is 3.53. The standard InChI is InChI=1S/C16H11BrN4OS.C2H6/c1-8-2-7-11-12-13(23-16(11)18-8)14(21-20-12)19-15(22)9-3-5-10(17)6-4-9;1-2/h2-7H,1H3,(H2,19,20,21,22);1-2H3. The maximum Gasteiger partial charge on any atom is 0.256 e. The molecule has 0 saturated heterocycles. The number of carbonyl (C=O) groups is 1. The van der Waals surface area contributed by atoms with Crippen LogP contribution in [0, 0.1) is 6.92 Å². The molecule has 0 bridgehead atoms. The van der Waals surface area contributed by atoms with Gasteiger partial charge in [-0.2, -0.15) is 5.10 Å². The maximum absolute atomic E-state index is 12.3. The molecule has 0 fully saturated rings. The number of H-pyrrole nitrogens is 1. The third-order valence-corrected chi connectivity index (χ3v) is 5.16. The van der Waals surface area contributed by atoms with E-state index in [1.807, 2.05) is 45.0 Å². The van der Waals surface area contributed by atoms with Crippen LogP contribution in [0.1, 0.15) is 29.9 Å². The molecule has 0 saturated carbocycles. The van der Waals surface area contributed by atoms with E-state index in [0.717, 1.165) is 30.6 Å². The summed E-state index contributed by atoms with van der Waals surface area (Å²) in [4.78, 5) is 17.8. The number of hydrogen-bond donors (Lipinski definition) is 2. The number of amides is 1. The van der Waals surface area contributed by atoms with Crippen molar-refractivity contribution < 1.29 is 4.79 Å². The van der Waals surface area contributed by atoms with Crippen molar-refractivity contribution in [3.05, 3.63) is 52.1 Å². The second-order valence-corrected chi connectivity index (χ2v) is 7.06. The van der Waals surface area contributed by atoms with Gasteiger partial charge in [0.05, 0.1) is 10.2 Å². The number of carbonyl (C=O) groups excluding carboxylic acids is 1. The number of aryl methyl sites for hydroxylation is 1. The lowest BCUT2D eigenvalue weighted by Gasteiger charge is -2.01. The van der Waals surface area contributed by atoms with Gasteiger partial charge in [0.15, 0.2) is 5.82 Å². The Morgan fingerprint density at radius 2 is 1.88 bits per heavy atom. The van der Waals surface area contributed by atoms with E-state index in [9.17, 15) is 4.79 Å². The lowest BCUT2D eigenvalue weighted by molar-refractivity contribution is 0.102. The number of rotatable bonds is 2. The van der Waals surface area contributed by atoms with Crippen LogP contribution in [0.25, 0.3) is 20.4 Å². The average Bonchev–Trinajstić information content (AvgIpc) is 3.16. The number of anilines is 1. The van der Waals surface area contributed by atoms with Gasteiger partial charge in [0.2, 0.25) is 0 Å². The minimum Gasteiger partial charge on any atom is -0.304 e. The molecule has 5 nitrogen and oxygen atoms in total. The molecule has 0 unspecified atom stereocenters. The fourth-order valence-corrected chi connectivity index (χ4v) is 3.76. The van der Waals surface area contributed by atoms with Crippen LogP contribution in [0.15, 0.2) is 40.9 Å². The molecule has 0 atom stereocenters. The Labute approximate surface area is 157 Å². The summed E-state index contributed by atoms with van der Waals surface area (Å²) in [5.41, 5.74) is 2.46. The van der Waals surface area contributed by atoms with Crippen molar-refractivity contribution in [3.8, 4) is 0 Å². The van der Waals surface area contributed by atoms with Crippen molar-refractivity contribution in [2.24, 2.45) is 0 Å². The number of benzene rings is 1. The van der Waals surface area contributed by atoms with E-state index < -0.39 is 0 Å². The quantitative estimate of drug-likeness (QED) is 0.451. The van der Waals surface area contributed by atoms with E-state index in [-0.39, 0.29) is 5.91 Å². The topological polar surface area (TPSA) is 70.7 Å². The van der Waals surface area contributed by atoms with Crippen LogP contribution >= 0.6 is 27.3 Å². The number of thiophene rings is 1. The number of pyridine rings is 1. The Bertz CT molecular complexity index is 1040. The first-order valence-corrected chi connectivity index (χ1v) is 9.54. The molecular formula is C18H17BrN4OS. The Morgan fingerprint density at radius 3 is 2.60 bits per heavy atom. The van der Waals surface area contributed by atoms with Crippen molar-refractivity contribution >= 4 is 59.4 Å². The Morgan fingerprint density at radius 1 is 1.16 bits per heavy atom. The molecule has 0 radical (unpaired) electrons. The van der Waals surface area contributed by atoms with Gasteiger partial charge in [-0.1, -0.05) is 29.8 Å². The number of fused-ring (bicyclic) bond motifs is 3. The highest BCUT2D eigenvalue weighted by Gasteiger charge is 2.16. The second-order valence-electron chi connectivity index (χ2n) is 5.14. The monoisotopic (exact) mass is 416 g/mol. The van der Waals surface area contributed by atoms with Crippen molar-refractivity contribution in [2.45, 2.75) is 20.8 Å². The molecule has 7 heteroatoms. The lowest BCUT2D eigenvalue weighted by Crippen LogP contribution is -2.12. The predicted molar refractivity (Wildman–Crippen MR) is 107 cm³/mol. The average molecular weight is 417 g/mol. The van der Waals surface area contributed by atoms with Gasteiger partial charge in [-0.05, 0) is 43.3 Å². The normalized spacial score (nSPS) is 10.6. The summed E-state index contributed by atoms with van der Waals surface area (Å²) in [5, 5.41) is 11.1. The van der Waals surface area contributed by atoms with Crippen LogP contribution in [0.5, 0.6) is 0 Å².